The number of anilines is 1. The Labute approximate surface area is 95.8 Å². The number of allylic oxidation sites excluding steroid dienone is 3. The number of fused-ring (bicyclic) bond motifs is 1. The van der Waals surface area contributed by atoms with Crippen molar-refractivity contribution in [2.75, 3.05) is 11.4 Å². The highest BCUT2D eigenvalue weighted by Gasteiger charge is 2.24. The van der Waals surface area contributed by atoms with Crippen LogP contribution in [0.4, 0.5) is 5.69 Å². The van der Waals surface area contributed by atoms with Gasteiger partial charge in [0.2, 0.25) is 0 Å². The fraction of sp³-hybridized carbons (Fsp3) is 0.286. The molecule has 0 N–H and O–H groups in total. The second-order valence-corrected chi connectivity index (χ2v) is 4.06. The lowest BCUT2D eigenvalue weighted by Gasteiger charge is -2.34. The molecule has 1 aromatic rings. The molecule has 0 saturated carbocycles. The number of rotatable bonds is 1. The standard InChI is InChI=1S/C14H15NO/c1-2-15-11-7-3-5-9-13(11)16-14-10-6-4-8-12(14)15/h3-5,7-9H,2,6,10H2,1H3. The zero-order valence-corrected chi connectivity index (χ0v) is 9.44. The van der Waals surface area contributed by atoms with Gasteiger partial charge in [-0.25, -0.2) is 0 Å². The summed E-state index contributed by atoms with van der Waals surface area (Å²) in [5, 5.41) is 0. The Morgan fingerprint density at radius 1 is 1.31 bits per heavy atom. The first-order chi connectivity index (χ1) is 7.90. The van der Waals surface area contributed by atoms with E-state index in [9.17, 15) is 0 Å². The number of benzene rings is 1. The third kappa shape index (κ3) is 1.33. The van der Waals surface area contributed by atoms with Crippen LogP contribution in [0.2, 0.25) is 0 Å². The van der Waals surface area contributed by atoms with E-state index in [1.807, 2.05) is 12.1 Å². The van der Waals surface area contributed by atoms with Crippen molar-refractivity contribution < 1.29 is 4.74 Å². The Hall–Kier alpha value is -1.70. The van der Waals surface area contributed by atoms with E-state index in [2.05, 4.69) is 36.1 Å². The summed E-state index contributed by atoms with van der Waals surface area (Å²) in [5.41, 5.74) is 2.41. The van der Waals surface area contributed by atoms with Crippen LogP contribution in [0, 0.1) is 0 Å². The second kappa shape index (κ2) is 3.71. The summed E-state index contributed by atoms with van der Waals surface area (Å²) in [4.78, 5) is 2.32. The monoisotopic (exact) mass is 213 g/mol. The van der Waals surface area contributed by atoms with Gasteiger partial charge in [0.25, 0.3) is 0 Å². The summed E-state index contributed by atoms with van der Waals surface area (Å²) < 4.78 is 5.95. The topological polar surface area (TPSA) is 12.5 Å². The van der Waals surface area contributed by atoms with Gasteiger partial charge in [0.05, 0.1) is 11.4 Å². The number of likely N-dealkylation sites (N-methyl/N-ethyl adjacent to an activating group) is 1. The maximum atomic E-state index is 5.95. The van der Waals surface area contributed by atoms with Gasteiger partial charge in [-0.2, -0.15) is 0 Å². The van der Waals surface area contributed by atoms with Crippen molar-refractivity contribution >= 4 is 5.69 Å². The largest absolute Gasteiger partial charge is 0.457 e. The van der Waals surface area contributed by atoms with Crippen LogP contribution in [-0.4, -0.2) is 6.54 Å². The van der Waals surface area contributed by atoms with Gasteiger partial charge in [0, 0.05) is 13.0 Å². The maximum absolute atomic E-state index is 5.95. The quantitative estimate of drug-likeness (QED) is 0.708. The molecule has 0 radical (unpaired) electrons. The highest BCUT2D eigenvalue weighted by atomic mass is 16.5. The lowest BCUT2D eigenvalue weighted by atomic mass is 10.1. The molecule has 0 aromatic heterocycles. The average Bonchev–Trinajstić information content (AvgIpc) is 2.36. The zero-order valence-electron chi connectivity index (χ0n) is 9.44. The van der Waals surface area contributed by atoms with Crippen LogP contribution in [-0.2, 0) is 0 Å². The smallest absolute Gasteiger partial charge is 0.150 e. The van der Waals surface area contributed by atoms with Gasteiger partial charge in [-0.05, 0) is 31.6 Å². The molecule has 2 nitrogen and oxygen atoms in total. The summed E-state index contributed by atoms with van der Waals surface area (Å²) in [6.07, 6.45) is 6.49. The third-order valence-electron chi connectivity index (χ3n) is 3.10. The van der Waals surface area contributed by atoms with E-state index in [4.69, 9.17) is 4.74 Å². The van der Waals surface area contributed by atoms with Crippen LogP contribution in [0.1, 0.15) is 19.8 Å². The highest BCUT2D eigenvalue weighted by molar-refractivity contribution is 5.67. The molecule has 2 aliphatic rings. The van der Waals surface area contributed by atoms with E-state index in [1.54, 1.807) is 0 Å². The van der Waals surface area contributed by atoms with Crippen LogP contribution in [0.25, 0.3) is 0 Å². The van der Waals surface area contributed by atoms with E-state index in [-0.39, 0.29) is 0 Å². The molecule has 0 bridgehead atoms. The Bertz CT molecular complexity index is 473. The van der Waals surface area contributed by atoms with Crippen molar-refractivity contribution in [2.45, 2.75) is 19.8 Å². The maximum Gasteiger partial charge on any atom is 0.150 e. The molecule has 16 heavy (non-hydrogen) atoms. The molecule has 82 valence electrons. The first-order valence-electron chi connectivity index (χ1n) is 5.84. The summed E-state index contributed by atoms with van der Waals surface area (Å²) in [7, 11) is 0. The molecule has 3 rings (SSSR count). The predicted octanol–water partition coefficient (Wildman–Crippen LogP) is 3.47. The minimum atomic E-state index is 0.976. The molecule has 0 amide bonds. The molecule has 0 unspecified atom stereocenters. The van der Waals surface area contributed by atoms with Gasteiger partial charge in [-0.1, -0.05) is 18.2 Å². The van der Waals surface area contributed by atoms with Crippen molar-refractivity contribution in [3.05, 3.63) is 47.9 Å². The zero-order chi connectivity index (χ0) is 11.0. The minimum Gasteiger partial charge on any atom is -0.457 e. The third-order valence-corrected chi connectivity index (χ3v) is 3.10. The Kier molecular flexibility index (Phi) is 2.21. The van der Waals surface area contributed by atoms with E-state index < -0.39 is 0 Å². The van der Waals surface area contributed by atoms with Gasteiger partial charge in [0.15, 0.2) is 5.75 Å². The predicted molar refractivity (Wildman–Crippen MR) is 65.5 cm³/mol. The van der Waals surface area contributed by atoms with Crippen molar-refractivity contribution in [1.29, 1.82) is 0 Å². The Morgan fingerprint density at radius 3 is 3.06 bits per heavy atom. The van der Waals surface area contributed by atoms with E-state index in [1.165, 1.54) is 11.4 Å². The van der Waals surface area contributed by atoms with Crippen molar-refractivity contribution in [2.24, 2.45) is 0 Å². The lowest BCUT2D eigenvalue weighted by Crippen LogP contribution is -2.28. The molecular formula is C14H15NO. The van der Waals surface area contributed by atoms with Crippen LogP contribution in [0.15, 0.2) is 47.9 Å². The van der Waals surface area contributed by atoms with Gasteiger partial charge >= 0.3 is 0 Å². The van der Waals surface area contributed by atoms with Crippen LogP contribution in [0.5, 0.6) is 5.75 Å². The number of nitrogens with zero attached hydrogens (tertiary/aromatic N) is 1. The van der Waals surface area contributed by atoms with Gasteiger partial charge in [-0.3, -0.25) is 0 Å². The molecular weight excluding hydrogens is 198 g/mol. The van der Waals surface area contributed by atoms with Crippen LogP contribution < -0.4 is 9.64 Å². The Balaban J connectivity index is 2.11. The highest BCUT2D eigenvalue weighted by Crippen LogP contribution is 2.39. The van der Waals surface area contributed by atoms with Crippen molar-refractivity contribution in [3.8, 4) is 5.75 Å². The summed E-state index contributed by atoms with van der Waals surface area (Å²) in [6.45, 7) is 3.15. The molecule has 1 aromatic carbocycles. The normalized spacial score (nSPS) is 17.9. The molecule has 0 atom stereocenters. The lowest BCUT2D eigenvalue weighted by molar-refractivity contribution is 0.385. The van der Waals surface area contributed by atoms with Gasteiger partial charge < -0.3 is 9.64 Å². The van der Waals surface area contributed by atoms with E-state index in [0.29, 0.717) is 0 Å². The van der Waals surface area contributed by atoms with Crippen molar-refractivity contribution in [1.82, 2.24) is 0 Å². The summed E-state index contributed by atoms with van der Waals surface area (Å²) >= 11 is 0. The number of hydrogen-bond acceptors (Lipinski definition) is 2. The van der Waals surface area contributed by atoms with Gasteiger partial charge in [0.1, 0.15) is 5.76 Å². The van der Waals surface area contributed by atoms with Gasteiger partial charge in [-0.15, -0.1) is 0 Å². The second-order valence-electron chi connectivity index (χ2n) is 4.06. The fourth-order valence-corrected chi connectivity index (χ4v) is 2.34. The average molecular weight is 213 g/mol. The first-order valence-corrected chi connectivity index (χ1v) is 5.84. The molecule has 0 fully saturated rings. The summed E-state index contributed by atoms with van der Waals surface area (Å²) in [6, 6.07) is 8.24. The fourth-order valence-electron chi connectivity index (χ4n) is 2.34. The number of para-hydroxylation sites is 2. The SMILES string of the molecule is CCN1C2=C(CCC=C2)Oc2ccccc21. The molecule has 2 heteroatoms. The summed E-state index contributed by atoms with van der Waals surface area (Å²) in [5.74, 6) is 2.10. The van der Waals surface area contributed by atoms with Crippen molar-refractivity contribution in [3.63, 3.8) is 0 Å². The van der Waals surface area contributed by atoms with Crippen LogP contribution >= 0.6 is 0 Å². The molecule has 0 saturated heterocycles. The minimum absolute atomic E-state index is 0.976. The van der Waals surface area contributed by atoms with E-state index in [0.717, 1.165) is 30.9 Å². The number of ether oxygens (including phenoxy) is 1. The molecule has 0 spiro atoms. The van der Waals surface area contributed by atoms with E-state index >= 15 is 0 Å². The molecule has 1 aliphatic carbocycles. The van der Waals surface area contributed by atoms with Crippen LogP contribution in [0.3, 0.4) is 0 Å². The Morgan fingerprint density at radius 2 is 2.19 bits per heavy atom. The first kappa shape index (κ1) is 9.52. The number of hydrogen-bond donors (Lipinski definition) is 0. The molecule has 1 heterocycles. The molecule has 1 aliphatic heterocycles.